The molecule has 2 N–H and O–H groups in total. The highest BCUT2D eigenvalue weighted by atomic mass is 16.3. The third-order valence-corrected chi connectivity index (χ3v) is 3.05. The van der Waals surface area contributed by atoms with E-state index in [9.17, 15) is 4.79 Å². The number of aliphatic hydroxyl groups excluding tert-OH is 1. The van der Waals surface area contributed by atoms with Gasteiger partial charge in [0.1, 0.15) is 0 Å². The molecule has 4 nitrogen and oxygen atoms in total. The number of nitrogens with one attached hydrogen (secondary N) is 1. The molecule has 0 aromatic carbocycles. The lowest BCUT2D eigenvalue weighted by molar-refractivity contribution is -0.126. The zero-order valence-electron chi connectivity index (χ0n) is 7.70. The van der Waals surface area contributed by atoms with Gasteiger partial charge in [-0.1, -0.05) is 0 Å². The molecule has 2 rings (SSSR count). The van der Waals surface area contributed by atoms with Crippen LogP contribution in [-0.2, 0) is 4.79 Å². The van der Waals surface area contributed by atoms with E-state index in [-0.39, 0.29) is 5.91 Å². The van der Waals surface area contributed by atoms with Crippen molar-refractivity contribution in [2.75, 3.05) is 26.2 Å². The monoisotopic (exact) mass is 184 g/mol. The van der Waals surface area contributed by atoms with Crippen LogP contribution in [0.2, 0.25) is 0 Å². The molecule has 0 unspecified atom stereocenters. The lowest BCUT2D eigenvalue weighted by Crippen LogP contribution is -2.55. The highest BCUT2D eigenvalue weighted by Crippen LogP contribution is 2.31. The molecule has 74 valence electrons. The van der Waals surface area contributed by atoms with Crippen LogP contribution in [0.3, 0.4) is 0 Å². The quantitative estimate of drug-likeness (QED) is 0.590. The Bertz CT molecular complexity index is 202. The molecule has 2 aliphatic rings. The molecule has 1 saturated carbocycles. The van der Waals surface area contributed by atoms with Crippen molar-refractivity contribution in [3.05, 3.63) is 0 Å². The van der Waals surface area contributed by atoms with Gasteiger partial charge in [-0.25, -0.2) is 0 Å². The number of hydrogen-bond donors (Lipinski definition) is 2. The molecule has 0 radical (unpaired) electrons. The molecule has 0 atom stereocenters. The van der Waals surface area contributed by atoms with Crippen molar-refractivity contribution in [2.45, 2.75) is 18.9 Å². The Morgan fingerprint density at radius 3 is 2.92 bits per heavy atom. The minimum absolute atomic E-state index is 0.138. The summed E-state index contributed by atoms with van der Waals surface area (Å²) >= 11 is 0. The first-order valence-corrected chi connectivity index (χ1v) is 4.91. The van der Waals surface area contributed by atoms with Crippen LogP contribution in [-0.4, -0.2) is 48.2 Å². The molecule has 0 aromatic heterocycles. The van der Waals surface area contributed by atoms with Crippen molar-refractivity contribution in [2.24, 2.45) is 5.92 Å². The zero-order valence-corrected chi connectivity index (χ0v) is 7.70. The second-order valence-corrected chi connectivity index (χ2v) is 3.99. The highest BCUT2D eigenvalue weighted by molar-refractivity contribution is 5.78. The van der Waals surface area contributed by atoms with Crippen molar-refractivity contribution in [1.82, 2.24) is 10.2 Å². The maximum Gasteiger partial charge on any atom is 0.234 e. The minimum atomic E-state index is 0.138. The number of hydrogen-bond acceptors (Lipinski definition) is 3. The second-order valence-electron chi connectivity index (χ2n) is 3.99. The number of piperazine rings is 1. The van der Waals surface area contributed by atoms with Crippen LogP contribution in [0, 0.1) is 5.92 Å². The van der Waals surface area contributed by atoms with Gasteiger partial charge in [0.25, 0.3) is 0 Å². The molecule has 0 aromatic rings. The fraction of sp³-hybridized carbons (Fsp3) is 0.889. The molecule has 1 heterocycles. The van der Waals surface area contributed by atoms with E-state index in [4.69, 9.17) is 5.11 Å². The first-order valence-electron chi connectivity index (χ1n) is 4.91. The van der Waals surface area contributed by atoms with E-state index < -0.39 is 0 Å². The Morgan fingerprint density at radius 2 is 2.31 bits per heavy atom. The second kappa shape index (κ2) is 3.64. The van der Waals surface area contributed by atoms with Gasteiger partial charge >= 0.3 is 0 Å². The summed E-state index contributed by atoms with van der Waals surface area (Å²) in [5.41, 5.74) is 0. The number of aliphatic hydroxyl groups is 1. The van der Waals surface area contributed by atoms with E-state index in [2.05, 4.69) is 10.2 Å². The lowest BCUT2D eigenvalue weighted by atomic mass is 9.79. The van der Waals surface area contributed by atoms with Crippen molar-refractivity contribution in [3.63, 3.8) is 0 Å². The Morgan fingerprint density at radius 1 is 1.54 bits per heavy atom. The van der Waals surface area contributed by atoms with Gasteiger partial charge in [0.2, 0.25) is 5.91 Å². The van der Waals surface area contributed by atoms with E-state index in [1.54, 1.807) is 0 Å². The molecule has 0 spiro atoms. The van der Waals surface area contributed by atoms with Crippen LogP contribution in [0.15, 0.2) is 0 Å². The van der Waals surface area contributed by atoms with Gasteiger partial charge in [0, 0.05) is 25.7 Å². The Labute approximate surface area is 77.9 Å². The van der Waals surface area contributed by atoms with Gasteiger partial charge in [-0.15, -0.1) is 0 Å². The summed E-state index contributed by atoms with van der Waals surface area (Å²) in [4.78, 5) is 13.3. The van der Waals surface area contributed by atoms with Gasteiger partial charge in [0.05, 0.1) is 6.54 Å². The first-order chi connectivity index (χ1) is 6.29. The van der Waals surface area contributed by atoms with Crippen molar-refractivity contribution in [3.8, 4) is 0 Å². The minimum Gasteiger partial charge on any atom is -0.396 e. The predicted molar refractivity (Wildman–Crippen MR) is 48.2 cm³/mol. The summed E-state index contributed by atoms with van der Waals surface area (Å²) in [6.45, 7) is 2.59. The van der Waals surface area contributed by atoms with Gasteiger partial charge in [0.15, 0.2) is 0 Å². The fourth-order valence-electron chi connectivity index (χ4n) is 2.12. The van der Waals surface area contributed by atoms with Crippen LogP contribution >= 0.6 is 0 Å². The standard InChI is InChI=1S/C9H16N2O2/c12-6-7-3-8(4-7)11-2-1-10-9(13)5-11/h7-8,12H,1-6H2,(H,10,13). The molecule has 1 aliphatic heterocycles. The third kappa shape index (κ3) is 1.84. The molecule has 1 amide bonds. The maximum absolute atomic E-state index is 11.1. The number of amides is 1. The number of carbonyl (C=O) groups is 1. The topological polar surface area (TPSA) is 52.6 Å². The van der Waals surface area contributed by atoms with E-state index in [0.29, 0.717) is 25.1 Å². The summed E-state index contributed by atoms with van der Waals surface area (Å²) in [5, 5.41) is 11.7. The van der Waals surface area contributed by atoms with E-state index in [1.807, 2.05) is 0 Å². The molecule has 1 saturated heterocycles. The Balaban J connectivity index is 1.78. The number of carbonyl (C=O) groups excluding carboxylic acids is 1. The lowest BCUT2D eigenvalue weighted by Gasteiger charge is -2.43. The number of nitrogens with zero attached hydrogens (tertiary/aromatic N) is 1. The van der Waals surface area contributed by atoms with E-state index >= 15 is 0 Å². The molecule has 0 bridgehead atoms. The summed E-state index contributed by atoms with van der Waals surface area (Å²) < 4.78 is 0. The van der Waals surface area contributed by atoms with Crippen LogP contribution in [0.4, 0.5) is 0 Å². The van der Waals surface area contributed by atoms with Gasteiger partial charge in [-0.3, -0.25) is 9.69 Å². The van der Waals surface area contributed by atoms with Gasteiger partial charge < -0.3 is 10.4 Å². The van der Waals surface area contributed by atoms with Crippen LogP contribution in [0.25, 0.3) is 0 Å². The summed E-state index contributed by atoms with van der Waals surface area (Å²) in [7, 11) is 0. The average molecular weight is 184 g/mol. The van der Waals surface area contributed by atoms with Crippen molar-refractivity contribution in [1.29, 1.82) is 0 Å². The normalized spacial score (nSPS) is 35.3. The van der Waals surface area contributed by atoms with Crippen molar-refractivity contribution >= 4 is 5.91 Å². The van der Waals surface area contributed by atoms with Crippen molar-refractivity contribution < 1.29 is 9.90 Å². The van der Waals surface area contributed by atoms with Crippen LogP contribution in [0.1, 0.15) is 12.8 Å². The summed E-state index contributed by atoms with van der Waals surface area (Å²) in [6, 6.07) is 0.545. The van der Waals surface area contributed by atoms with Gasteiger partial charge in [-0.2, -0.15) is 0 Å². The Kier molecular flexibility index (Phi) is 2.51. The highest BCUT2D eigenvalue weighted by Gasteiger charge is 2.34. The molecule has 2 fully saturated rings. The molecular formula is C9H16N2O2. The summed E-state index contributed by atoms with van der Waals surface area (Å²) in [6.07, 6.45) is 2.12. The molecule has 4 heteroatoms. The van der Waals surface area contributed by atoms with Crippen LogP contribution in [0.5, 0.6) is 0 Å². The molecular weight excluding hydrogens is 168 g/mol. The first kappa shape index (κ1) is 8.97. The SMILES string of the molecule is O=C1CN(C2CC(CO)C2)CCN1. The average Bonchev–Trinajstić information content (AvgIpc) is 2.02. The third-order valence-electron chi connectivity index (χ3n) is 3.05. The fourth-order valence-corrected chi connectivity index (χ4v) is 2.12. The van der Waals surface area contributed by atoms with E-state index in [0.717, 1.165) is 25.9 Å². The van der Waals surface area contributed by atoms with Crippen LogP contribution < -0.4 is 5.32 Å². The maximum atomic E-state index is 11.1. The number of rotatable bonds is 2. The molecule has 13 heavy (non-hydrogen) atoms. The largest absolute Gasteiger partial charge is 0.396 e. The smallest absolute Gasteiger partial charge is 0.234 e. The zero-order chi connectivity index (χ0) is 9.26. The summed E-state index contributed by atoms with van der Waals surface area (Å²) in [5.74, 6) is 0.619. The molecule has 1 aliphatic carbocycles. The van der Waals surface area contributed by atoms with Gasteiger partial charge in [-0.05, 0) is 18.8 Å². The Hall–Kier alpha value is -0.610. The predicted octanol–water partition coefficient (Wildman–Crippen LogP) is -0.811. The van der Waals surface area contributed by atoms with E-state index in [1.165, 1.54) is 0 Å².